The molecule has 0 aliphatic rings. The van der Waals surface area contributed by atoms with Gasteiger partial charge in [-0.15, -0.1) is 0 Å². The molecule has 0 unspecified atom stereocenters. The molecule has 0 aromatic heterocycles. The van der Waals surface area contributed by atoms with Gasteiger partial charge in [0.05, 0.1) is 32.5 Å². The molecule has 0 heterocycles. The van der Waals surface area contributed by atoms with Gasteiger partial charge in [-0.25, -0.2) is 0 Å². The van der Waals surface area contributed by atoms with Gasteiger partial charge in [-0.05, 0) is 24.6 Å². The zero-order valence-electron chi connectivity index (χ0n) is 12.7. The van der Waals surface area contributed by atoms with E-state index in [2.05, 4.69) is 0 Å². The van der Waals surface area contributed by atoms with E-state index >= 15 is 0 Å². The maximum atomic E-state index is 10.1. The van der Waals surface area contributed by atoms with E-state index in [0.717, 1.165) is 11.3 Å². The number of aliphatic hydroxyl groups is 2. The molecule has 1 aromatic carbocycles. The number of ether oxygens (including phenoxy) is 2. The van der Waals surface area contributed by atoms with E-state index in [9.17, 15) is 10.2 Å². The molecule has 114 valence electrons. The minimum absolute atomic E-state index is 0.0159. The monoisotopic (exact) mass is 282 g/mol. The maximum Gasteiger partial charge on any atom is 0.118 e. The quantitative estimate of drug-likeness (QED) is 0.767. The molecule has 0 amide bonds. The SMILES string of the molecule is COc1ccc(COC[C@H](C)[C@@H](O)[C@@H](C)[C@H](C)O)cc1. The number of rotatable bonds is 8. The van der Waals surface area contributed by atoms with Crippen molar-refractivity contribution < 1.29 is 19.7 Å². The van der Waals surface area contributed by atoms with Crippen molar-refractivity contribution in [2.45, 2.75) is 39.6 Å². The van der Waals surface area contributed by atoms with Crippen LogP contribution in [-0.4, -0.2) is 36.1 Å². The van der Waals surface area contributed by atoms with E-state index in [-0.39, 0.29) is 11.8 Å². The molecule has 4 heteroatoms. The molecule has 1 aromatic rings. The zero-order chi connectivity index (χ0) is 15.1. The predicted molar refractivity (Wildman–Crippen MR) is 78.7 cm³/mol. The molecular formula is C16H26O4. The van der Waals surface area contributed by atoms with Crippen LogP contribution in [-0.2, 0) is 11.3 Å². The third kappa shape index (κ3) is 5.12. The second kappa shape index (κ2) is 8.25. The van der Waals surface area contributed by atoms with Crippen LogP contribution in [0.2, 0.25) is 0 Å². The molecule has 0 spiro atoms. The third-order valence-corrected chi connectivity index (χ3v) is 3.69. The van der Waals surface area contributed by atoms with Gasteiger partial charge in [-0.1, -0.05) is 26.0 Å². The Bertz CT molecular complexity index is 375. The Kier molecular flexibility index (Phi) is 6.99. The molecule has 2 N–H and O–H groups in total. The lowest BCUT2D eigenvalue weighted by atomic mass is 9.90. The van der Waals surface area contributed by atoms with Crippen LogP contribution in [0.4, 0.5) is 0 Å². The van der Waals surface area contributed by atoms with Crippen LogP contribution in [0.25, 0.3) is 0 Å². The lowest BCUT2D eigenvalue weighted by Crippen LogP contribution is -2.34. The van der Waals surface area contributed by atoms with Crippen LogP contribution in [0, 0.1) is 11.8 Å². The maximum absolute atomic E-state index is 10.1. The van der Waals surface area contributed by atoms with E-state index in [0.29, 0.717) is 13.2 Å². The largest absolute Gasteiger partial charge is 0.497 e. The molecular weight excluding hydrogens is 256 g/mol. The van der Waals surface area contributed by atoms with Gasteiger partial charge in [0, 0.05) is 11.8 Å². The van der Waals surface area contributed by atoms with Crippen LogP contribution in [0.3, 0.4) is 0 Å². The molecule has 20 heavy (non-hydrogen) atoms. The van der Waals surface area contributed by atoms with Crippen molar-refractivity contribution in [2.75, 3.05) is 13.7 Å². The highest BCUT2D eigenvalue weighted by atomic mass is 16.5. The molecule has 0 bridgehead atoms. The molecule has 0 aliphatic carbocycles. The van der Waals surface area contributed by atoms with E-state index in [1.807, 2.05) is 38.1 Å². The average molecular weight is 282 g/mol. The van der Waals surface area contributed by atoms with Crippen molar-refractivity contribution in [3.05, 3.63) is 29.8 Å². The normalized spacial score (nSPS) is 17.3. The second-order valence-corrected chi connectivity index (χ2v) is 5.43. The lowest BCUT2D eigenvalue weighted by molar-refractivity contribution is -0.0294. The fourth-order valence-corrected chi connectivity index (χ4v) is 1.99. The van der Waals surface area contributed by atoms with E-state index in [1.165, 1.54) is 0 Å². The first-order valence-electron chi connectivity index (χ1n) is 7.02. The Labute approximate surface area is 121 Å². The number of hydrogen-bond acceptors (Lipinski definition) is 4. The summed E-state index contributed by atoms with van der Waals surface area (Å²) in [7, 11) is 1.64. The van der Waals surface area contributed by atoms with Crippen molar-refractivity contribution >= 4 is 0 Å². The van der Waals surface area contributed by atoms with Crippen molar-refractivity contribution in [1.29, 1.82) is 0 Å². The van der Waals surface area contributed by atoms with E-state index in [4.69, 9.17) is 9.47 Å². The number of benzene rings is 1. The van der Waals surface area contributed by atoms with E-state index < -0.39 is 12.2 Å². The van der Waals surface area contributed by atoms with Crippen LogP contribution in [0.1, 0.15) is 26.3 Å². The van der Waals surface area contributed by atoms with Crippen molar-refractivity contribution in [1.82, 2.24) is 0 Å². The first kappa shape index (κ1) is 17.0. The minimum atomic E-state index is -0.564. The van der Waals surface area contributed by atoms with Crippen molar-refractivity contribution in [3.8, 4) is 5.75 Å². The van der Waals surface area contributed by atoms with Crippen molar-refractivity contribution in [3.63, 3.8) is 0 Å². The molecule has 0 fully saturated rings. The number of hydrogen-bond donors (Lipinski definition) is 2. The number of methoxy groups -OCH3 is 1. The van der Waals surface area contributed by atoms with Gasteiger partial charge >= 0.3 is 0 Å². The van der Waals surface area contributed by atoms with E-state index in [1.54, 1.807) is 14.0 Å². The van der Waals surface area contributed by atoms with Gasteiger partial charge in [0.2, 0.25) is 0 Å². The Morgan fingerprint density at radius 1 is 1.05 bits per heavy atom. The van der Waals surface area contributed by atoms with Gasteiger partial charge in [0.15, 0.2) is 0 Å². The minimum Gasteiger partial charge on any atom is -0.497 e. The summed E-state index contributed by atoms with van der Waals surface area (Å²) in [6.07, 6.45) is -1.08. The summed E-state index contributed by atoms with van der Waals surface area (Å²) in [5, 5.41) is 19.5. The summed E-state index contributed by atoms with van der Waals surface area (Å²) in [5.74, 6) is 0.649. The highest BCUT2D eigenvalue weighted by molar-refractivity contribution is 5.26. The summed E-state index contributed by atoms with van der Waals surface area (Å²) < 4.78 is 10.7. The summed E-state index contributed by atoms with van der Waals surface area (Å²) in [5.41, 5.74) is 1.07. The molecule has 4 atom stereocenters. The van der Waals surface area contributed by atoms with Crippen molar-refractivity contribution in [2.24, 2.45) is 11.8 Å². The third-order valence-electron chi connectivity index (χ3n) is 3.69. The molecule has 4 nitrogen and oxygen atoms in total. The Morgan fingerprint density at radius 3 is 2.15 bits per heavy atom. The zero-order valence-corrected chi connectivity index (χ0v) is 12.7. The van der Waals surface area contributed by atoms with Gasteiger partial charge < -0.3 is 19.7 Å². The molecule has 1 rings (SSSR count). The highest BCUT2D eigenvalue weighted by Gasteiger charge is 2.24. The Hall–Kier alpha value is -1.10. The number of aliphatic hydroxyl groups excluding tert-OH is 2. The summed E-state index contributed by atoms with van der Waals surface area (Å²) in [6, 6.07) is 7.70. The standard InChI is InChI=1S/C16H26O4/c1-11(16(18)12(2)13(3)17)9-20-10-14-5-7-15(19-4)8-6-14/h5-8,11-13,16-18H,9-10H2,1-4H3/t11-,12-,13-,16+/m0/s1. The fourth-order valence-electron chi connectivity index (χ4n) is 1.99. The second-order valence-electron chi connectivity index (χ2n) is 5.43. The van der Waals surface area contributed by atoms with Crippen LogP contribution in [0.15, 0.2) is 24.3 Å². The Balaban J connectivity index is 2.35. The van der Waals surface area contributed by atoms with Gasteiger partial charge in [-0.2, -0.15) is 0 Å². The van der Waals surface area contributed by atoms with Gasteiger partial charge in [0.25, 0.3) is 0 Å². The van der Waals surface area contributed by atoms with Gasteiger partial charge in [-0.3, -0.25) is 0 Å². The molecule has 0 saturated heterocycles. The summed E-state index contributed by atoms with van der Waals surface area (Å²) >= 11 is 0. The van der Waals surface area contributed by atoms with Gasteiger partial charge in [0.1, 0.15) is 5.75 Å². The summed E-state index contributed by atoms with van der Waals surface area (Å²) in [6.45, 7) is 6.43. The highest BCUT2D eigenvalue weighted by Crippen LogP contribution is 2.18. The molecule has 0 aliphatic heterocycles. The molecule has 0 saturated carbocycles. The summed E-state index contributed by atoms with van der Waals surface area (Å²) in [4.78, 5) is 0. The fraction of sp³-hybridized carbons (Fsp3) is 0.625. The lowest BCUT2D eigenvalue weighted by Gasteiger charge is -2.26. The Morgan fingerprint density at radius 2 is 1.65 bits per heavy atom. The smallest absolute Gasteiger partial charge is 0.118 e. The van der Waals surface area contributed by atoms with Crippen LogP contribution in [0.5, 0.6) is 5.75 Å². The first-order chi connectivity index (χ1) is 9.45. The van der Waals surface area contributed by atoms with Crippen LogP contribution >= 0.6 is 0 Å². The molecule has 0 radical (unpaired) electrons. The predicted octanol–water partition coefficient (Wildman–Crippen LogP) is 2.23. The van der Waals surface area contributed by atoms with Crippen LogP contribution < -0.4 is 4.74 Å². The first-order valence-corrected chi connectivity index (χ1v) is 7.02. The topological polar surface area (TPSA) is 58.9 Å². The average Bonchev–Trinajstić information content (AvgIpc) is 2.46.